The minimum Gasteiger partial charge on any atom is -0.508 e. The van der Waals surface area contributed by atoms with E-state index in [1.807, 2.05) is 45.2 Å². The van der Waals surface area contributed by atoms with Crippen molar-refractivity contribution >= 4 is 57.3 Å². The predicted octanol–water partition coefficient (Wildman–Crippen LogP) is 3.07. The van der Waals surface area contributed by atoms with E-state index in [0.29, 0.717) is 12.7 Å². The Labute approximate surface area is 148 Å². The first-order valence-electron chi connectivity index (χ1n) is 5.78. The van der Waals surface area contributed by atoms with E-state index in [1.165, 1.54) is 30.5 Å². The summed E-state index contributed by atoms with van der Waals surface area (Å²) in [6, 6.07) is 9.40. The van der Waals surface area contributed by atoms with Crippen molar-refractivity contribution in [3.8, 4) is 11.5 Å². The summed E-state index contributed by atoms with van der Waals surface area (Å²) in [7, 11) is 0. The van der Waals surface area contributed by atoms with Crippen LogP contribution in [0.1, 0.15) is 15.9 Å². The number of hydrazone groups is 1. The number of phenols is 2. The van der Waals surface area contributed by atoms with E-state index in [9.17, 15) is 9.90 Å². The van der Waals surface area contributed by atoms with Gasteiger partial charge in [0.15, 0.2) is 0 Å². The van der Waals surface area contributed by atoms with Gasteiger partial charge in [0.25, 0.3) is 5.91 Å². The summed E-state index contributed by atoms with van der Waals surface area (Å²) >= 11 is 4.05. The van der Waals surface area contributed by atoms with Crippen LogP contribution < -0.4 is 5.43 Å². The SMILES string of the molecule is O=C(N/N=C/c1cc(I)c(O)c(I)c1)c1ccc(O)cc1. The lowest BCUT2D eigenvalue weighted by atomic mass is 10.2. The van der Waals surface area contributed by atoms with Gasteiger partial charge in [0.1, 0.15) is 11.5 Å². The van der Waals surface area contributed by atoms with E-state index < -0.39 is 0 Å². The molecule has 5 nitrogen and oxygen atoms in total. The summed E-state index contributed by atoms with van der Waals surface area (Å²) in [6.07, 6.45) is 1.50. The van der Waals surface area contributed by atoms with Gasteiger partial charge in [-0.1, -0.05) is 0 Å². The minimum atomic E-state index is -0.366. The third-order valence-electron chi connectivity index (χ3n) is 2.55. The van der Waals surface area contributed by atoms with Gasteiger partial charge in [-0.25, -0.2) is 5.43 Å². The fourth-order valence-corrected chi connectivity index (χ4v) is 3.32. The molecule has 7 heteroatoms. The summed E-state index contributed by atoms with van der Waals surface area (Å²) in [5.41, 5.74) is 3.58. The number of benzene rings is 2. The van der Waals surface area contributed by atoms with Gasteiger partial charge in [-0.3, -0.25) is 4.79 Å². The fraction of sp³-hybridized carbons (Fsp3) is 0. The molecule has 0 spiro atoms. The van der Waals surface area contributed by atoms with E-state index in [1.54, 1.807) is 12.1 Å². The molecule has 3 N–H and O–H groups in total. The van der Waals surface area contributed by atoms with Gasteiger partial charge in [-0.2, -0.15) is 5.10 Å². The summed E-state index contributed by atoms with van der Waals surface area (Å²) in [4.78, 5) is 11.8. The number of halogens is 2. The standard InChI is InChI=1S/C14H10I2N2O3/c15-11-5-8(6-12(16)13(11)20)7-17-18-14(21)9-1-3-10(19)4-2-9/h1-7,19-20H,(H,18,21)/b17-7+. The topological polar surface area (TPSA) is 81.9 Å². The maximum absolute atomic E-state index is 11.8. The quantitative estimate of drug-likeness (QED) is 0.339. The maximum atomic E-state index is 11.8. The molecule has 0 heterocycles. The van der Waals surface area contributed by atoms with Gasteiger partial charge in [0.05, 0.1) is 13.4 Å². The molecule has 0 aliphatic rings. The van der Waals surface area contributed by atoms with Gasteiger partial charge in [0.2, 0.25) is 0 Å². The zero-order valence-corrected chi connectivity index (χ0v) is 14.9. The Bertz CT molecular complexity index is 677. The summed E-state index contributed by atoms with van der Waals surface area (Å²) in [6.45, 7) is 0. The third-order valence-corrected chi connectivity index (χ3v) is 4.19. The summed E-state index contributed by atoms with van der Waals surface area (Å²) < 4.78 is 1.43. The molecule has 2 aromatic carbocycles. The predicted molar refractivity (Wildman–Crippen MR) is 96.7 cm³/mol. The summed E-state index contributed by atoms with van der Waals surface area (Å²) in [5.74, 6) is -0.0285. The van der Waals surface area contributed by atoms with Crippen LogP contribution >= 0.6 is 45.2 Å². The molecule has 0 aliphatic heterocycles. The lowest BCUT2D eigenvalue weighted by Crippen LogP contribution is -2.17. The molecule has 0 radical (unpaired) electrons. The van der Waals surface area contributed by atoms with Crippen LogP contribution in [0, 0.1) is 7.14 Å². The zero-order valence-electron chi connectivity index (χ0n) is 10.5. The normalized spacial score (nSPS) is 10.8. The van der Waals surface area contributed by atoms with Gasteiger partial charge < -0.3 is 10.2 Å². The molecular weight excluding hydrogens is 498 g/mol. The number of aromatic hydroxyl groups is 2. The Morgan fingerprint density at radius 1 is 1.10 bits per heavy atom. The Kier molecular flexibility index (Phi) is 5.39. The van der Waals surface area contributed by atoms with Crippen molar-refractivity contribution in [3.05, 3.63) is 54.7 Å². The molecular formula is C14H10I2N2O3. The highest BCUT2D eigenvalue weighted by atomic mass is 127. The number of hydrogen-bond donors (Lipinski definition) is 3. The van der Waals surface area contributed by atoms with E-state index in [-0.39, 0.29) is 17.4 Å². The van der Waals surface area contributed by atoms with Gasteiger partial charge in [-0.15, -0.1) is 0 Å². The number of nitrogens with zero attached hydrogens (tertiary/aromatic N) is 1. The summed E-state index contributed by atoms with van der Waals surface area (Å²) in [5, 5.41) is 22.7. The lowest BCUT2D eigenvalue weighted by molar-refractivity contribution is 0.0955. The number of hydrogen-bond acceptors (Lipinski definition) is 4. The Morgan fingerprint density at radius 2 is 1.67 bits per heavy atom. The molecule has 0 saturated heterocycles. The first-order valence-corrected chi connectivity index (χ1v) is 7.93. The molecule has 0 aromatic heterocycles. The third kappa shape index (κ3) is 4.30. The number of phenolic OH excluding ortho intramolecular Hbond substituents is 2. The van der Waals surface area contributed by atoms with Crippen molar-refractivity contribution in [2.75, 3.05) is 0 Å². The van der Waals surface area contributed by atoms with Crippen molar-refractivity contribution in [2.45, 2.75) is 0 Å². The molecule has 2 rings (SSSR count). The van der Waals surface area contributed by atoms with E-state index in [0.717, 1.165) is 5.56 Å². The average molecular weight is 508 g/mol. The van der Waals surface area contributed by atoms with Crippen LogP contribution in [0.4, 0.5) is 0 Å². The van der Waals surface area contributed by atoms with E-state index in [2.05, 4.69) is 10.5 Å². The molecule has 0 fully saturated rings. The molecule has 1 amide bonds. The van der Waals surface area contributed by atoms with Crippen LogP contribution in [-0.2, 0) is 0 Å². The molecule has 0 bridgehead atoms. The molecule has 21 heavy (non-hydrogen) atoms. The van der Waals surface area contributed by atoms with Crippen molar-refractivity contribution in [1.29, 1.82) is 0 Å². The second-order valence-electron chi connectivity index (χ2n) is 4.08. The van der Waals surface area contributed by atoms with Gasteiger partial charge >= 0.3 is 0 Å². The fourth-order valence-electron chi connectivity index (χ4n) is 1.50. The van der Waals surface area contributed by atoms with E-state index in [4.69, 9.17) is 5.11 Å². The first-order chi connectivity index (χ1) is 9.97. The smallest absolute Gasteiger partial charge is 0.271 e. The number of carbonyl (C=O) groups is 1. The van der Waals surface area contributed by atoms with Crippen molar-refractivity contribution in [2.24, 2.45) is 5.10 Å². The van der Waals surface area contributed by atoms with Crippen LogP contribution in [-0.4, -0.2) is 22.3 Å². The molecule has 0 aliphatic carbocycles. The number of nitrogens with one attached hydrogen (secondary N) is 1. The van der Waals surface area contributed by atoms with Crippen molar-refractivity contribution < 1.29 is 15.0 Å². The van der Waals surface area contributed by atoms with Gasteiger partial charge in [0, 0.05) is 5.56 Å². The Balaban J connectivity index is 2.05. The second-order valence-corrected chi connectivity index (χ2v) is 6.40. The number of amides is 1. The lowest BCUT2D eigenvalue weighted by Gasteiger charge is -2.02. The van der Waals surface area contributed by atoms with E-state index >= 15 is 0 Å². The highest BCUT2D eigenvalue weighted by Crippen LogP contribution is 2.26. The number of carbonyl (C=O) groups excluding carboxylic acids is 1. The highest BCUT2D eigenvalue weighted by molar-refractivity contribution is 14.1. The molecule has 0 unspecified atom stereocenters. The average Bonchev–Trinajstić information content (AvgIpc) is 2.45. The molecule has 2 aromatic rings. The van der Waals surface area contributed by atoms with Crippen LogP contribution in [0.25, 0.3) is 0 Å². The highest BCUT2D eigenvalue weighted by Gasteiger charge is 2.05. The number of rotatable bonds is 3. The Morgan fingerprint density at radius 3 is 2.24 bits per heavy atom. The van der Waals surface area contributed by atoms with Crippen molar-refractivity contribution in [1.82, 2.24) is 5.43 Å². The van der Waals surface area contributed by atoms with Crippen molar-refractivity contribution in [3.63, 3.8) is 0 Å². The van der Waals surface area contributed by atoms with Crippen LogP contribution in [0.5, 0.6) is 11.5 Å². The zero-order chi connectivity index (χ0) is 15.4. The van der Waals surface area contributed by atoms with Crippen LogP contribution in [0.15, 0.2) is 41.5 Å². The molecule has 0 atom stereocenters. The Hall–Kier alpha value is -1.36. The van der Waals surface area contributed by atoms with Crippen LogP contribution in [0.2, 0.25) is 0 Å². The maximum Gasteiger partial charge on any atom is 0.271 e. The van der Waals surface area contributed by atoms with Gasteiger partial charge in [-0.05, 0) is 87.1 Å². The molecule has 108 valence electrons. The first kappa shape index (κ1) is 16.0. The molecule has 0 saturated carbocycles. The monoisotopic (exact) mass is 508 g/mol. The largest absolute Gasteiger partial charge is 0.508 e. The minimum absolute atomic E-state index is 0.100. The second kappa shape index (κ2) is 7.07. The van der Waals surface area contributed by atoms with Crippen LogP contribution in [0.3, 0.4) is 0 Å².